The van der Waals surface area contributed by atoms with Gasteiger partial charge in [0.05, 0.1) is 0 Å². The zero-order valence-electron chi connectivity index (χ0n) is 12.6. The van der Waals surface area contributed by atoms with Gasteiger partial charge in [0.2, 0.25) is 0 Å². The molecule has 1 aliphatic rings. The van der Waals surface area contributed by atoms with Crippen LogP contribution in [0, 0.1) is 11.3 Å². The maximum absolute atomic E-state index is 12.3. The van der Waals surface area contributed by atoms with Crippen molar-refractivity contribution in [1.29, 1.82) is 0 Å². The van der Waals surface area contributed by atoms with Crippen molar-refractivity contribution in [3.05, 3.63) is 29.8 Å². The highest BCUT2D eigenvalue weighted by molar-refractivity contribution is 5.89. The first-order chi connectivity index (χ1) is 9.40. The molecule has 4 nitrogen and oxygen atoms in total. The Kier molecular flexibility index (Phi) is 4.33. The number of urea groups is 1. The molecule has 1 saturated heterocycles. The summed E-state index contributed by atoms with van der Waals surface area (Å²) in [4.78, 5) is 14.2. The van der Waals surface area contributed by atoms with Gasteiger partial charge in [0.1, 0.15) is 0 Å². The molecule has 1 aromatic carbocycles. The molecule has 0 aliphatic carbocycles. The lowest BCUT2D eigenvalue weighted by atomic mass is 9.80. The molecule has 1 aliphatic heterocycles. The van der Waals surface area contributed by atoms with Crippen LogP contribution in [0.3, 0.4) is 0 Å². The van der Waals surface area contributed by atoms with Gasteiger partial charge in [0.25, 0.3) is 0 Å². The second kappa shape index (κ2) is 5.83. The van der Waals surface area contributed by atoms with Crippen LogP contribution in [0.15, 0.2) is 24.3 Å². The van der Waals surface area contributed by atoms with E-state index in [1.54, 1.807) is 0 Å². The number of nitrogens with zero attached hydrogens (tertiary/aromatic N) is 1. The van der Waals surface area contributed by atoms with Gasteiger partial charge in [-0.3, -0.25) is 0 Å². The normalized spacial score (nSPS) is 19.2. The number of rotatable bonds is 2. The van der Waals surface area contributed by atoms with E-state index in [2.05, 4.69) is 26.1 Å². The van der Waals surface area contributed by atoms with Crippen molar-refractivity contribution < 1.29 is 4.79 Å². The predicted molar refractivity (Wildman–Crippen MR) is 82.5 cm³/mol. The van der Waals surface area contributed by atoms with Crippen molar-refractivity contribution >= 4 is 11.7 Å². The van der Waals surface area contributed by atoms with Crippen LogP contribution in [0.5, 0.6) is 0 Å². The van der Waals surface area contributed by atoms with Crippen LogP contribution in [-0.4, -0.2) is 24.0 Å². The number of likely N-dealkylation sites (tertiary alicyclic amines) is 1. The Labute approximate surface area is 121 Å². The zero-order chi connectivity index (χ0) is 14.8. The van der Waals surface area contributed by atoms with Gasteiger partial charge in [-0.05, 0) is 35.4 Å². The molecule has 1 aromatic rings. The third kappa shape index (κ3) is 3.51. The largest absolute Gasteiger partial charge is 0.326 e. The van der Waals surface area contributed by atoms with Gasteiger partial charge in [0.15, 0.2) is 0 Å². The Bertz CT molecular complexity index is 479. The number of nitrogens with two attached hydrogens (primary N) is 1. The number of amides is 2. The minimum absolute atomic E-state index is 0.00841. The number of anilines is 1. The molecule has 3 N–H and O–H groups in total. The summed E-state index contributed by atoms with van der Waals surface area (Å²) in [6.45, 7) is 8.88. The van der Waals surface area contributed by atoms with Gasteiger partial charge in [-0.2, -0.15) is 0 Å². The van der Waals surface area contributed by atoms with Crippen LogP contribution in [-0.2, 0) is 6.54 Å². The maximum Gasteiger partial charge on any atom is 0.321 e. The lowest BCUT2D eigenvalue weighted by Gasteiger charge is -2.27. The van der Waals surface area contributed by atoms with Gasteiger partial charge in [-0.15, -0.1) is 0 Å². The van der Waals surface area contributed by atoms with Crippen LogP contribution < -0.4 is 11.1 Å². The molecular weight excluding hydrogens is 250 g/mol. The predicted octanol–water partition coefficient (Wildman–Crippen LogP) is 3.05. The van der Waals surface area contributed by atoms with Crippen molar-refractivity contribution in [2.75, 3.05) is 18.4 Å². The van der Waals surface area contributed by atoms with Crippen LogP contribution in [0.2, 0.25) is 0 Å². The van der Waals surface area contributed by atoms with Crippen LogP contribution in [0.1, 0.15) is 32.8 Å². The van der Waals surface area contributed by atoms with E-state index >= 15 is 0 Å². The van der Waals surface area contributed by atoms with Gasteiger partial charge < -0.3 is 16.0 Å². The average molecular weight is 275 g/mol. The quantitative estimate of drug-likeness (QED) is 0.871. The van der Waals surface area contributed by atoms with E-state index in [9.17, 15) is 4.79 Å². The van der Waals surface area contributed by atoms with E-state index in [1.807, 2.05) is 29.2 Å². The number of benzene rings is 1. The molecule has 1 atom stereocenters. The summed E-state index contributed by atoms with van der Waals surface area (Å²) in [5.41, 5.74) is 7.71. The Morgan fingerprint density at radius 2 is 2.20 bits per heavy atom. The number of nitrogens with one attached hydrogen (secondary N) is 1. The summed E-state index contributed by atoms with van der Waals surface area (Å²) in [6.07, 6.45) is 1.08. The van der Waals surface area contributed by atoms with E-state index in [4.69, 9.17) is 5.73 Å². The molecular formula is C16H25N3O. The first-order valence-electron chi connectivity index (χ1n) is 7.25. The molecule has 1 unspecified atom stereocenters. The molecule has 2 amide bonds. The molecule has 1 fully saturated rings. The second-order valence-electron chi connectivity index (χ2n) is 6.63. The summed E-state index contributed by atoms with van der Waals surface area (Å²) in [7, 11) is 0. The molecule has 0 spiro atoms. The van der Waals surface area contributed by atoms with Crippen LogP contribution in [0.4, 0.5) is 10.5 Å². The highest BCUT2D eigenvalue weighted by Gasteiger charge is 2.33. The summed E-state index contributed by atoms with van der Waals surface area (Å²) in [5.74, 6) is 0.573. The van der Waals surface area contributed by atoms with Gasteiger partial charge in [-0.1, -0.05) is 32.9 Å². The highest BCUT2D eigenvalue weighted by Crippen LogP contribution is 2.33. The second-order valence-corrected chi connectivity index (χ2v) is 6.63. The van der Waals surface area contributed by atoms with Crippen molar-refractivity contribution in [3.8, 4) is 0 Å². The molecule has 20 heavy (non-hydrogen) atoms. The lowest BCUT2D eigenvalue weighted by Crippen LogP contribution is -2.34. The monoisotopic (exact) mass is 275 g/mol. The van der Waals surface area contributed by atoms with Gasteiger partial charge in [0, 0.05) is 25.3 Å². The molecule has 110 valence electrons. The van der Waals surface area contributed by atoms with Crippen molar-refractivity contribution in [2.24, 2.45) is 17.1 Å². The summed E-state index contributed by atoms with van der Waals surface area (Å²) in [6, 6.07) is 7.69. The number of carbonyl (C=O) groups is 1. The van der Waals surface area contributed by atoms with E-state index < -0.39 is 0 Å². The van der Waals surface area contributed by atoms with Crippen LogP contribution in [0.25, 0.3) is 0 Å². The Morgan fingerprint density at radius 3 is 2.80 bits per heavy atom. The Hall–Kier alpha value is -1.55. The first-order valence-corrected chi connectivity index (χ1v) is 7.25. The fourth-order valence-corrected chi connectivity index (χ4v) is 2.63. The number of hydrogen-bond acceptors (Lipinski definition) is 2. The fourth-order valence-electron chi connectivity index (χ4n) is 2.63. The number of carbonyl (C=O) groups excluding carboxylic acids is 1. The van der Waals surface area contributed by atoms with Crippen molar-refractivity contribution in [1.82, 2.24) is 4.90 Å². The first kappa shape index (κ1) is 14.9. The standard InChI is InChI=1S/C16H25N3O/c1-16(2,3)13-7-8-19(11-13)15(20)18-14-6-4-5-12(9-14)10-17/h4-6,9,13H,7-8,10-11,17H2,1-3H3,(H,18,20). The summed E-state index contributed by atoms with van der Waals surface area (Å²) >= 11 is 0. The third-order valence-corrected chi connectivity index (χ3v) is 4.11. The smallest absolute Gasteiger partial charge is 0.321 e. The van der Waals surface area contributed by atoms with E-state index in [1.165, 1.54) is 0 Å². The molecule has 4 heteroatoms. The highest BCUT2D eigenvalue weighted by atomic mass is 16.2. The SMILES string of the molecule is CC(C)(C)C1CCN(C(=O)Nc2cccc(CN)c2)C1. The number of hydrogen-bond donors (Lipinski definition) is 2. The van der Waals surface area contributed by atoms with Crippen LogP contribution >= 0.6 is 0 Å². The minimum Gasteiger partial charge on any atom is -0.326 e. The summed E-state index contributed by atoms with van der Waals surface area (Å²) in [5, 5.41) is 2.96. The summed E-state index contributed by atoms with van der Waals surface area (Å²) < 4.78 is 0. The average Bonchev–Trinajstić information content (AvgIpc) is 2.88. The Morgan fingerprint density at radius 1 is 1.45 bits per heavy atom. The topological polar surface area (TPSA) is 58.4 Å². The van der Waals surface area contributed by atoms with Gasteiger partial charge >= 0.3 is 6.03 Å². The molecule has 2 rings (SSSR count). The minimum atomic E-state index is -0.00841. The van der Waals surface area contributed by atoms with E-state index in [0.29, 0.717) is 12.5 Å². The molecule has 0 saturated carbocycles. The molecule has 0 bridgehead atoms. The van der Waals surface area contributed by atoms with E-state index in [0.717, 1.165) is 30.8 Å². The fraction of sp³-hybridized carbons (Fsp3) is 0.562. The Balaban J connectivity index is 1.96. The van der Waals surface area contributed by atoms with E-state index in [-0.39, 0.29) is 11.4 Å². The molecule has 0 radical (unpaired) electrons. The molecule has 0 aromatic heterocycles. The van der Waals surface area contributed by atoms with Crippen molar-refractivity contribution in [3.63, 3.8) is 0 Å². The van der Waals surface area contributed by atoms with Crippen molar-refractivity contribution in [2.45, 2.75) is 33.7 Å². The molecule has 1 heterocycles. The lowest BCUT2D eigenvalue weighted by molar-refractivity contribution is 0.208. The third-order valence-electron chi connectivity index (χ3n) is 4.11. The maximum atomic E-state index is 12.3. The van der Waals surface area contributed by atoms with Gasteiger partial charge in [-0.25, -0.2) is 4.79 Å². The zero-order valence-corrected chi connectivity index (χ0v) is 12.6.